The van der Waals surface area contributed by atoms with Gasteiger partial charge in [0.2, 0.25) is 10.0 Å². The molecule has 1 aliphatic heterocycles. The van der Waals surface area contributed by atoms with Crippen LogP contribution in [0.4, 0.5) is 11.4 Å². The van der Waals surface area contributed by atoms with Crippen molar-refractivity contribution in [3.8, 4) is 0 Å². The molecular formula is C17H18ClN3O5S. The first-order valence-electron chi connectivity index (χ1n) is 8.15. The molecule has 1 fully saturated rings. The first kappa shape index (κ1) is 19.6. The quantitative estimate of drug-likeness (QED) is 0.587. The molecule has 3 rings (SSSR count). The fourth-order valence-corrected chi connectivity index (χ4v) is 4.42. The van der Waals surface area contributed by atoms with Gasteiger partial charge in [-0.2, -0.15) is 0 Å². The number of primary sulfonamides is 1. The summed E-state index contributed by atoms with van der Waals surface area (Å²) in [5, 5.41) is 27.7. The summed E-state index contributed by atoms with van der Waals surface area (Å²) < 4.78 is 23.9. The van der Waals surface area contributed by atoms with E-state index in [4.69, 9.17) is 16.7 Å². The number of rotatable bonds is 4. The summed E-state index contributed by atoms with van der Waals surface area (Å²) in [5.74, 6) is 0. The minimum atomic E-state index is -4.16. The Hall–Kier alpha value is -2.20. The number of halogens is 1. The molecule has 144 valence electrons. The number of benzene rings is 2. The predicted octanol–water partition coefficient (Wildman–Crippen LogP) is 2.38. The van der Waals surface area contributed by atoms with Gasteiger partial charge in [-0.3, -0.25) is 10.1 Å². The van der Waals surface area contributed by atoms with Crippen LogP contribution in [0, 0.1) is 10.1 Å². The highest BCUT2D eigenvalue weighted by Crippen LogP contribution is 2.39. The van der Waals surface area contributed by atoms with Crippen molar-refractivity contribution in [1.29, 1.82) is 0 Å². The van der Waals surface area contributed by atoms with Crippen LogP contribution in [0.3, 0.4) is 0 Å². The van der Waals surface area contributed by atoms with E-state index in [0.29, 0.717) is 36.5 Å². The molecule has 2 aromatic carbocycles. The van der Waals surface area contributed by atoms with Gasteiger partial charge in [0.25, 0.3) is 5.69 Å². The second-order valence-corrected chi connectivity index (χ2v) is 8.39. The van der Waals surface area contributed by atoms with Gasteiger partial charge in [-0.25, -0.2) is 13.6 Å². The maximum Gasteiger partial charge on any atom is 0.270 e. The molecule has 8 nitrogen and oxygen atoms in total. The van der Waals surface area contributed by atoms with Crippen molar-refractivity contribution >= 4 is 33.0 Å². The number of piperidine rings is 1. The molecule has 0 amide bonds. The number of hydrogen-bond donors (Lipinski definition) is 2. The average Bonchev–Trinajstić information content (AvgIpc) is 2.61. The Morgan fingerprint density at radius 3 is 2.37 bits per heavy atom. The van der Waals surface area contributed by atoms with E-state index in [-0.39, 0.29) is 16.3 Å². The number of nitro groups is 1. The normalized spacial score (nSPS) is 16.9. The van der Waals surface area contributed by atoms with Crippen molar-refractivity contribution in [3.05, 3.63) is 63.2 Å². The summed E-state index contributed by atoms with van der Waals surface area (Å²) in [6.07, 6.45) is 0.634. The Morgan fingerprint density at radius 2 is 1.81 bits per heavy atom. The Bertz CT molecular complexity index is 988. The molecule has 0 unspecified atom stereocenters. The molecule has 3 N–H and O–H groups in total. The first-order chi connectivity index (χ1) is 12.6. The second-order valence-electron chi connectivity index (χ2n) is 6.45. The van der Waals surface area contributed by atoms with Gasteiger partial charge in [0.05, 0.1) is 16.2 Å². The molecule has 0 saturated carbocycles. The molecule has 0 aliphatic carbocycles. The summed E-state index contributed by atoms with van der Waals surface area (Å²) >= 11 is 6.20. The van der Waals surface area contributed by atoms with Gasteiger partial charge in [0.1, 0.15) is 4.90 Å². The summed E-state index contributed by atoms with van der Waals surface area (Å²) in [4.78, 5) is 11.7. The highest BCUT2D eigenvalue weighted by atomic mass is 35.5. The molecule has 27 heavy (non-hydrogen) atoms. The smallest absolute Gasteiger partial charge is 0.270 e. The molecule has 0 radical (unpaired) electrons. The number of sulfonamides is 1. The number of nitrogens with two attached hydrogens (primary N) is 1. The highest BCUT2D eigenvalue weighted by Gasteiger charge is 2.36. The van der Waals surface area contributed by atoms with E-state index in [9.17, 15) is 23.6 Å². The van der Waals surface area contributed by atoms with Crippen LogP contribution in [0.5, 0.6) is 0 Å². The van der Waals surface area contributed by atoms with Crippen molar-refractivity contribution < 1.29 is 18.4 Å². The third-order valence-corrected chi connectivity index (χ3v) is 6.04. The number of anilines is 1. The van der Waals surface area contributed by atoms with Crippen LogP contribution in [0.25, 0.3) is 0 Å². The van der Waals surface area contributed by atoms with Crippen LogP contribution in [-0.4, -0.2) is 31.5 Å². The van der Waals surface area contributed by atoms with E-state index in [0.717, 1.165) is 6.07 Å². The zero-order chi connectivity index (χ0) is 19.8. The average molecular weight is 412 g/mol. The van der Waals surface area contributed by atoms with Crippen molar-refractivity contribution in [2.24, 2.45) is 5.14 Å². The van der Waals surface area contributed by atoms with E-state index in [1.165, 1.54) is 12.1 Å². The van der Waals surface area contributed by atoms with Crippen LogP contribution in [0.15, 0.2) is 47.4 Å². The Morgan fingerprint density at radius 1 is 1.19 bits per heavy atom. The number of nitrogens with zero attached hydrogens (tertiary/aromatic N) is 2. The number of hydrogen-bond acceptors (Lipinski definition) is 6. The number of nitro benzene ring substituents is 1. The zero-order valence-corrected chi connectivity index (χ0v) is 15.8. The lowest BCUT2D eigenvalue weighted by Gasteiger charge is -2.40. The lowest BCUT2D eigenvalue weighted by molar-refractivity contribution is -0.385. The summed E-state index contributed by atoms with van der Waals surface area (Å²) in [6, 6.07) is 10.6. The molecule has 0 bridgehead atoms. The van der Waals surface area contributed by atoms with Crippen LogP contribution in [0.1, 0.15) is 18.4 Å². The van der Waals surface area contributed by atoms with E-state index in [2.05, 4.69) is 0 Å². The fraction of sp³-hybridized carbons (Fsp3) is 0.294. The molecule has 1 saturated heterocycles. The van der Waals surface area contributed by atoms with Gasteiger partial charge in [-0.1, -0.05) is 29.8 Å². The lowest BCUT2D eigenvalue weighted by Crippen LogP contribution is -2.43. The molecule has 1 heterocycles. The Labute approximate surface area is 161 Å². The topological polar surface area (TPSA) is 127 Å². The standard InChI is InChI=1S/C17H18ClN3O5S/c18-14-4-2-1-3-13(14)17(22)7-9-20(10-8-17)15-6-5-12(21(23)24)11-16(15)27(19,25)26/h1-6,11,22H,7-10H2,(H2,19,25,26). The molecular weight excluding hydrogens is 394 g/mol. The van der Waals surface area contributed by atoms with Crippen molar-refractivity contribution in [2.45, 2.75) is 23.3 Å². The van der Waals surface area contributed by atoms with Crippen LogP contribution in [0.2, 0.25) is 5.02 Å². The van der Waals surface area contributed by atoms with Crippen molar-refractivity contribution in [2.75, 3.05) is 18.0 Å². The van der Waals surface area contributed by atoms with Crippen molar-refractivity contribution in [1.82, 2.24) is 0 Å². The van der Waals surface area contributed by atoms with Crippen LogP contribution < -0.4 is 10.0 Å². The SMILES string of the molecule is NS(=O)(=O)c1cc([N+](=O)[O-])ccc1N1CCC(O)(c2ccccc2Cl)CC1. The summed E-state index contributed by atoms with van der Waals surface area (Å²) in [7, 11) is -4.16. The fourth-order valence-electron chi connectivity index (χ4n) is 3.33. The molecule has 0 spiro atoms. The first-order valence-corrected chi connectivity index (χ1v) is 10.1. The van der Waals surface area contributed by atoms with Gasteiger partial charge < -0.3 is 10.0 Å². The second kappa shape index (κ2) is 7.08. The minimum Gasteiger partial charge on any atom is -0.385 e. The summed E-state index contributed by atoms with van der Waals surface area (Å²) in [5.41, 5.74) is -0.574. The third kappa shape index (κ3) is 3.91. The van der Waals surface area contributed by atoms with Gasteiger partial charge in [-0.15, -0.1) is 0 Å². The zero-order valence-electron chi connectivity index (χ0n) is 14.2. The Balaban J connectivity index is 1.90. The molecule has 2 aromatic rings. The third-order valence-electron chi connectivity index (χ3n) is 4.77. The van der Waals surface area contributed by atoms with Gasteiger partial charge in [-0.05, 0) is 25.0 Å². The number of aliphatic hydroxyl groups is 1. The van der Waals surface area contributed by atoms with E-state index in [1.54, 1.807) is 29.2 Å². The largest absolute Gasteiger partial charge is 0.385 e. The monoisotopic (exact) mass is 411 g/mol. The predicted molar refractivity (Wildman–Crippen MR) is 101 cm³/mol. The van der Waals surface area contributed by atoms with Crippen molar-refractivity contribution in [3.63, 3.8) is 0 Å². The van der Waals surface area contributed by atoms with Gasteiger partial charge in [0, 0.05) is 35.8 Å². The molecule has 0 aromatic heterocycles. The number of non-ortho nitro benzene ring substituents is 1. The minimum absolute atomic E-state index is 0.282. The molecule has 10 heteroatoms. The highest BCUT2D eigenvalue weighted by molar-refractivity contribution is 7.89. The van der Waals surface area contributed by atoms with Crippen LogP contribution in [-0.2, 0) is 15.6 Å². The van der Waals surface area contributed by atoms with Gasteiger partial charge in [0.15, 0.2) is 0 Å². The van der Waals surface area contributed by atoms with Gasteiger partial charge >= 0.3 is 0 Å². The van der Waals surface area contributed by atoms with E-state index < -0.39 is 20.5 Å². The molecule has 0 atom stereocenters. The maximum absolute atomic E-state index is 11.9. The van der Waals surface area contributed by atoms with E-state index in [1.807, 2.05) is 0 Å². The maximum atomic E-state index is 11.9. The Kier molecular flexibility index (Phi) is 5.13. The molecule has 1 aliphatic rings. The lowest BCUT2D eigenvalue weighted by atomic mass is 9.84. The van der Waals surface area contributed by atoms with E-state index >= 15 is 0 Å². The van der Waals surface area contributed by atoms with Crippen LogP contribution >= 0.6 is 11.6 Å². The summed E-state index contributed by atoms with van der Waals surface area (Å²) in [6.45, 7) is 0.671.